The Morgan fingerprint density at radius 3 is 2.83 bits per heavy atom. The van der Waals surface area contributed by atoms with Gasteiger partial charge in [0.05, 0.1) is 16.3 Å². The molecule has 0 radical (unpaired) electrons. The first-order chi connectivity index (χ1) is 5.70. The van der Waals surface area contributed by atoms with E-state index in [1.807, 2.05) is 0 Å². The van der Waals surface area contributed by atoms with Gasteiger partial charge in [0.1, 0.15) is 0 Å². The number of hydrogen-bond donors (Lipinski definition) is 0. The maximum Gasteiger partial charge on any atom is 0.154 e. The highest BCUT2D eigenvalue weighted by Crippen LogP contribution is 2.36. The van der Waals surface area contributed by atoms with Crippen molar-refractivity contribution in [2.45, 2.75) is 0 Å². The van der Waals surface area contributed by atoms with E-state index in [-0.39, 0.29) is 0 Å². The van der Waals surface area contributed by atoms with Gasteiger partial charge in [0.25, 0.3) is 0 Å². The zero-order chi connectivity index (χ0) is 8.72. The van der Waals surface area contributed by atoms with Crippen LogP contribution in [0.2, 0.25) is 10.0 Å². The molecule has 1 aromatic carbocycles. The third-order valence-electron chi connectivity index (χ3n) is 1.58. The second kappa shape index (κ2) is 2.95. The minimum Gasteiger partial charge on any atom is -0.463 e. The van der Waals surface area contributed by atoms with Crippen LogP contribution >= 0.6 is 39.1 Å². The van der Waals surface area contributed by atoms with Gasteiger partial charge < -0.3 is 4.42 Å². The summed E-state index contributed by atoms with van der Waals surface area (Å²) < 4.78 is 5.93. The molecule has 2 rings (SSSR count). The highest BCUT2D eigenvalue weighted by Gasteiger charge is 2.09. The average molecular weight is 266 g/mol. The molecule has 0 fully saturated rings. The van der Waals surface area contributed by atoms with Crippen LogP contribution in [0.25, 0.3) is 11.0 Å². The fourth-order valence-electron chi connectivity index (χ4n) is 1.04. The summed E-state index contributed by atoms with van der Waals surface area (Å²) in [6.45, 7) is 0. The Bertz CT molecular complexity index is 436. The van der Waals surface area contributed by atoms with Gasteiger partial charge in [0.2, 0.25) is 0 Å². The van der Waals surface area contributed by atoms with E-state index >= 15 is 0 Å². The van der Waals surface area contributed by atoms with Crippen molar-refractivity contribution in [2.75, 3.05) is 0 Å². The van der Waals surface area contributed by atoms with Crippen LogP contribution in [-0.2, 0) is 0 Å². The van der Waals surface area contributed by atoms with Gasteiger partial charge in [-0.3, -0.25) is 0 Å². The van der Waals surface area contributed by atoms with Crippen molar-refractivity contribution >= 4 is 50.1 Å². The van der Waals surface area contributed by atoms with Crippen LogP contribution in [0.3, 0.4) is 0 Å². The quantitative estimate of drug-likeness (QED) is 0.639. The fourth-order valence-corrected chi connectivity index (χ4v) is 2.07. The van der Waals surface area contributed by atoms with Crippen LogP contribution < -0.4 is 0 Å². The Kier molecular flexibility index (Phi) is 2.07. The standard InChI is InChI=1S/C8H3BrCl2O/c9-5-3-6(10)8-4(7(5)11)1-2-12-8/h1-3H. The van der Waals surface area contributed by atoms with Gasteiger partial charge in [0, 0.05) is 9.86 Å². The number of hydrogen-bond acceptors (Lipinski definition) is 1. The Morgan fingerprint density at radius 2 is 2.08 bits per heavy atom. The topological polar surface area (TPSA) is 13.1 Å². The second-order valence-electron chi connectivity index (χ2n) is 2.32. The summed E-state index contributed by atoms with van der Waals surface area (Å²) in [5.74, 6) is 0. The van der Waals surface area contributed by atoms with Crippen LogP contribution in [0.4, 0.5) is 0 Å². The van der Waals surface area contributed by atoms with Crippen LogP contribution in [0, 0.1) is 0 Å². The molecule has 0 aliphatic carbocycles. The lowest BCUT2D eigenvalue weighted by Crippen LogP contribution is -1.72. The molecule has 1 nitrogen and oxygen atoms in total. The molecular weight excluding hydrogens is 263 g/mol. The molecule has 0 atom stereocenters. The maximum atomic E-state index is 5.97. The molecule has 62 valence electrons. The lowest BCUT2D eigenvalue weighted by Gasteiger charge is -1.98. The molecule has 0 bridgehead atoms. The van der Waals surface area contributed by atoms with Gasteiger partial charge in [0.15, 0.2) is 5.58 Å². The van der Waals surface area contributed by atoms with Crippen molar-refractivity contribution in [2.24, 2.45) is 0 Å². The van der Waals surface area contributed by atoms with Crippen LogP contribution in [0.5, 0.6) is 0 Å². The van der Waals surface area contributed by atoms with Gasteiger partial charge in [-0.05, 0) is 28.1 Å². The van der Waals surface area contributed by atoms with Crippen molar-refractivity contribution in [1.82, 2.24) is 0 Å². The molecule has 0 aliphatic rings. The first-order valence-electron chi connectivity index (χ1n) is 3.21. The van der Waals surface area contributed by atoms with E-state index in [1.54, 1.807) is 18.4 Å². The maximum absolute atomic E-state index is 5.97. The highest BCUT2D eigenvalue weighted by molar-refractivity contribution is 9.10. The Morgan fingerprint density at radius 1 is 1.33 bits per heavy atom. The van der Waals surface area contributed by atoms with E-state index in [9.17, 15) is 0 Å². The fraction of sp³-hybridized carbons (Fsp3) is 0. The van der Waals surface area contributed by atoms with Gasteiger partial charge in [-0.15, -0.1) is 0 Å². The van der Waals surface area contributed by atoms with E-state index in [1.165, 1.54) is 0 Å². The predicted molar refractivity (Wildman–Crippen MR) is 53.9 cm³/mol. The molecule has 0 amide bonds. The van der Waals surface area contributed by atoms with Crippen molar-refractivity contribution in [3.05, 3.63) is 32.9 Å². The summed E-state index contributed by atoms with van der Waals surface area (Å²) in [5.41, 5.74) is 0.630. The molecule has 0 N–H and O–H groups in total. The lowest BCUT2D eigenvalue weighted by atomic mass is 10.2. The summed E-state index contributed by atoms with van der Waals surface area (Å²) in [7, 11) is 0. The average Bonchev–Trinajstić information content (AvgIpc) is 2.48. The van der Waals surface area contributed by atoms with Crippen molar-refractivity contribution in [1.29, 1.82) is 0 Å². The van der Waals surface area contributed by atoms with Crippen molar-refractivity contribution in [3.8, 4) is 0 Å². The molecule has 0 aliphatic heterocycles. The SMILES string of the molecule is Clc1c(Br)cc(Cl)c2occc12. The second-order valence-corrected chi connectivity index (χ2v) is 3.96. The normalized spacial score (nSPS) is 10.9. The van der Waals surface area contributed by atoms with Gasteiger partial charge in [-0.1, -0.05) is 23.2 Å². The molecule has 1 aromatic heterocycles. The summed E-state index contributed by atoms with van der Waals surface area (Å²) in [6, 6.07) is 3.50. The molecule has 0 spiro atoms. The summed E-state index contributed by atoms with van der Waals surface area (Å²) in [6.07, 6.45) is 1.56. The monoisotopic (exact) mass is 264 g/mol. The number of benzene rings is 1. The van der Waals surface area contributed by atoms with E-state index in [2.05, 4.69) is 15.9 Å². The van der Waals surface area contributed by atoms with E-state index in [4.69, 9.17) is 27.6 Å². The molecule has 0 saturated carbocycles. The smallest absolute Gasteiger partial charge is 0.154 e. The molecule has 0 saturated heterocycles. The van der Waals surface area contributed by atoms with Crippen LogP contribution in [0.1, 0.15) is 0 Å². The number of furan rings is 1. The zero-order valence-corrected chi connectivity index (χ0v) is 8.87. The molecule has 2 aromatic rings. The van der Waals surface area contributed by atoms with E-state index < -0.39 is 0 Å². The third-order valence-corrected chi connectivity index (χ3v) is 3.12. The number of halogens is 3. The molecular formula is C8H3BrCl2O. The van der Waals surface area contributed by atoms with Crippen molar-refractivity contribution < 1.29 is 4.42 Å². The minimum atomic E-state index is 0.561. The largest absolute Gasteiger partial charge is 0.463 e. The summed E-state index contributed by atoms with van der Waals surface area (Å²) in [4.78, 5) is 0. The third kappa shape index (κ3) is 1.15. The predicted octanol–water partition coefficient (Wildman–Crippen LogP) is 4.50. The first kappa shape index (κ1) is 8.42. The Hall–Kier alpha value is -0.180. The van der Waals surface area contributed by atoms with Crippen molar-refractivity contribution in [3.63, 3.8) is 0 Å². The summed E-state index contributed by atoms with van der Waals surface area (Å²) in [5, 5.41) is 2.02. The molecule has 4 heteroatoms. The van der Waals surface area contributed by atoms with E-state index in [0.29, 0.717) is 15.6 Å². The number of fused-ring (bicyclic) bond motifs is 1. The van der Waals surface area contributed by atoms with Crippen LogP contribution in [0.15, 0.2) is 27.3 Å². The first-order valence-corrected chi connectivity index (χ1v) is 4.76. The molecule has 12 heavy (non-hydrogen) atoms. The van der Waals surface area contributed by atoms with E-state index in [0.717, 1.165) is 9.86 Å². The highest BCUT2D eigenvalue weighted by atomic mass is 79.9. The minimum absolute atomic E-state index is 0.561. The summed E-state index contributed by atoms with van der Waals surface area (Å²) >= 11 is 15.2. The zero-order valence-electron chi connectivity index (χ0n) is 5.77. The Balaban J connectivity index is 2.97. The Labute approximate surface area is 87.4 Å². The van der Waals surface area contributed by atoms with Gasteiger partial charge in [-0.25, -0.2) is 0 Å². The number of rotatable bonds is 0. The molecule has 1 heterocycles. The van der Waals surface area contributed by atoms with Gasteiger partial charge >= 0.3 is 0 Å². The van der Waals surface area contributed by atoms with Gasteiger partial charge in [-0.2, -0.15) is 0 Å². The lowest BCUT2D eigenvalue weighted by molar-refractivity contribution is 0.616. The molecule has 0 unspecified atom stereocenters. The van der Waals surface area contributed by atoms with Crippen LogP contribution in [-0.4, -0.2) is 0 Å².